The molecule has 2 rings (SSSR count). The van der Waals surface area contributed by atoms with Gasteiger partial charge in [-0.3, -0.25) is 4.72 Å². The first-order valence-corrected chi connectivity index (χ1v) is 7.16. The zero-order chi connectivity index (χ0) is 12.3. The van der Waals surface area contributed by atoms with E-state index in [-0.39, 0.29) is 5.75 Å². The summed E-state index contributed by atoms with van der Waals surface area (Å²) in [4.78, 5) is 0. The van der Waals surface area contributed by atoms with Gasteiger partial charge < -0.3 is 10.5 Å². The molecule has 0 aliphatic carbocycles. The fraction of sp³-hybridized carbons (Fsp3) is 0.455. The van der Waals surface area contributed by atoms with E-state index in [0.29, 0.717) is 31.9 Å². The number of nitrogens with one attached hydrogen (secondary N) is 1. The summed E-state index contributed by atoms with van der Waals surface area (Å²) in [7, 11) is -3.29. The Balaban J connectivity index is 2.09. The highest BCUT2D eigenvalue weighted by Crippen LogP contribution is 2.23. The van der Waals surface area contributed by atoms with Gasteiger partial charge in [0, 0.05) is 5.69 Å². The maximum Gasteiger partial charge on any atom is 0.232 e. The molecule has 0 saturated carbocycles. The topological polar surface area (TPSA) is 81.4 Å². The molecule has 6 heteroatoms. The second-order valence-corrected chi connectivity index (χ2v) is 5.88. The van der Waals surface area contributed by atoms with Crippen molar-refractivity contribution in [1.82, 2.24) is 0 Å². The molecule has 1 heterocycles. The first kappa shape index (κ1) is 12.3. The normalized spacial score (nSPS) is 14.6. The molecular formula is C11H16N2O3S. The lowest BCUT2D eigenvalue weighted by Gasteiger charge is -2.08. The van der Waals surface area contributed by atoms with Crippen LogP contribution < -0.4 is 10.5 Å². The molecule has 1 aromatic carbocycles. The molecule has 17 heavy (non-hydrogen) atoms. The minimum absolute atomic E-state index is 0.0527. The molecule has 1 aliphatic rings. The van der Waals surface area contributed by atoms with Gasteiger partial charge in [0.1, 0.15) is 0 Å². The van der Waals surface area contributed by atoms with Crippen LogP contribution in [-0.4, -0.2) is 20.7 Å². The molecule has 1 aliphatic heterocycles. The molecule has 3 N–H and O–H groups in total. The van der Waals surface area contributed by atoms with E-state index in [0.717, 1.165) is 11.1 Å². The van der Waals surface area contributed by atoms with Crippen LogP contribution in [0.5, 0.6) is 0 Å². The second-order valence-electron chi connectivity index (χ2n) is 4.04. The van der Waals surface area contributed by atoms with Gasteiger partial charge in [0.25, 0.3) is 0 Å². The fourth-order valence-corrected chi connectivity index (χ4v) is 2.87. The molecular weight excluding hydrogens is 240 g/mol. The Morgan fingerprint density at radius 3 is 2.82 bits per heavy atom. The van der Waals surface area contributed by atoms with E-state index >= 15 is 0 Å². The molecule has 94 valence electrons. The molecule has 0 unspecified atom stereocenters. The van der Waals surface area contributed by atoms with Crippen molar-refractivity contribution in [3.8, 4) is 0 Å². The average Bonchev–Trinajstić information content (AvgIpc) is 2.73. The third kappa shape index (κ3) is 3.18. The van der Waals surface area contributed by atoms with E-state index in [1.807, 2.05) is 12.1 Å². The first-order chi connectivity index (χ1) is 8.11. The van der Waals surface area contributed by atoms with Gasteiger partial charge in [0.15, 0.2) is 0 Å². The van der Waals surface area contributed by atoms with Gasteiger partial charge >= 0.3 is 0 Å². The zero-order valence-corrected chi connectivity index (χ0v) is 10.3. The number of sulfonamides is 1. The SMILES string of the molecule is NCCCS(=O)(=O)Nc1ccc2c(c1)COC2. The largest absolute Gasteiger partial charge is 0.372 e. The number of hydrogen-bond donors (Lipinski definition) is 2. The molecule has 0 atom stereocenters. The molecule has 5 nitrogen and oxygen atoms in total. The lowest BCUT2D eigenvalue weighted by molar-refractivity contribution is 0.134. The van der Waals surface area contributed by atoms with Crippen LogP contribution in [0.25, 0.3) is 0 Å². The van der Waals surface area contributed by atoms with Crippen molar-refractivity contribution in [2.75, 3.05) is 17.0 Å². The Bertz CT molecular complexity index is 499. The van der Waals surface area contributed by atoms with Crippen LogP contribution in [0, 0.1) is 0 Å². The smallest absolute Gasteiger partial charge is 0.232 e. The predicted molar refractivity (Wildman–Crippen MR) is 66.0 cm³/mol. The van der Waals surface area contributed by atoms with Crippen molar-refractivity contribution in [3.05, 3.63) is 29.3 Å². The molecule has 1 aromatic rings. The quantitative estimate of drug-likeness (QED) is 0.816. The minimum atomic E-state index is -3.29. The summed E-state index contributed by atoms with van der Waals surface area (Å²) in [6.45, 7) is 1.53. The van der Waals surface area contributed by atoms with Gasteiger partial charge in [-0.25, -0.2) is 8.42 Å². The fourth-order valence-electron chi connectivity index (χ4n) is 1.74. The number of rotatable bonds is 5. The summed E-state index contributed by atoms with van der Waals surface area (Å²) in [5, 5.41) is 0. The van der Waals surface area contributed by atoms with Crippen LogP contribution in [0.2, 0.25) is 0 Å². The van der Waals surface area contributed by atoms with E-state index in [1.165, 1.54) is 0 Å². The van der Waals surface area contributed by atoms with E-state index in [9.17, 15) is 8.42 Å². The maximum atomic E-state index is 11.7. The predicted octanol–water partition coefficient (Wildman–Crippen LogP) is 0.807. The number of fused-ring (bicyclic) bond motifs is 1. The van der Waals surface area contributed by atoms with Crippen LogP contribution in [0.4, 0.5) is 5.69 Å². The highest BCUT2D eigenvalue weighted by molar-refractivity contribution is 7.92. The van der Waals surface area contributed by atoms with Crippen molar-refractivity contribution in [1.29, 1.82) is 0 Å². The third-order valence-electron chi connectivity index (χ3n) is 2.61. The Hall–Kier alpha value is -1.11. The van der Waals surface area contributed by atoms with Gasteiger partial charge in [-0.2, -0.15) is 0 Å². The highest BCUT2D eigenvalue weighted by atomic mass is 32.2. The molecule has 0 spiro atoms. The van der Waals surface area contributed by atoms with Crippen LogP contribution >= 0.6 is 0 Å². The van der Waals surface area contributed by atoms with Crippen LogP contribution in [-0.2, 0) is 28.0 Å². The molecule has 0 radical (unpaired) electrons. The molecule has 0 amide bonds. The third-order valence-corrected chi connectivity index (χ3v) is 3.98. The van der Waals surface area contributed by atoms with Crippen LogP contribution in [0.3, 0.4) is 0 Å². The molecule has 0 saturated heterocycles. The zero-order valence-electron chi connectivity index (χ0n) is 9.48. The number of benzene rings is 1. The maximum absolute atomic E-state index is 11.7. The van der Waals surface area contributed by atoms with E-state index in [1.54, 1.807) is 6.07 Å². The summed E-state index contributed by atoms with van der Waals surface area (Å²) in [6.07, 6.45) is 0.462. The lowest BCUT2D eigenvalue weighted by Crippen LogP contribution is -2.19. The van der Waals surface area contributed by atoms with Crippen molar-refractivity contribution in [2.24, 2.45) is 5.73 Å². The standard InChI is InChI=1S/C11H16N2O3S/c12-4-1-5-17(14,15)13-11-3-2-9-7-16-8-10(9)6-11/h2-3,6,13H,1,4-5,7-8,12H2. The Morgan fingerprint density at radius 2 is 2.06 bits per heavy atom. The molecule has 0 bridgehead atoms. The monoisotopic (exact) mass is 256 g/mol. The molecule has 0 fully saturated rings. The van der Waals surface area contributed by atoms with E-state index < -0.39 is 10.0 Å². The summed E-state index contributed by atoms with van der Waals surface area (Å²) >= 11 is 0. The van der Waals surface area contributed by atoms with Gasteiger partial charge in [-0.15, -0.1) is 0 Å². The lowest BCUT2D eigenvalue weighted by atomic mass is 10.1. The van der Waals surface area contributed by atoms with Crippen LogP contribution in [0.15, 0.2) is 18.2 Å². The number of nitrogens with two attached hydrogens (primary N) is 1. The average molecular weight is 256 g/mol. The second kappa shape index (κ2) is 5.03. The van der Waals surface area contributed by atoms with Crippen molar-refractivity contribution in [2.45, 2.75) is 19.6 Å². The van der Waals surface area contributed by atoms with Crippen molar-refractivity contribution < 1.29 is 13.2 Å². The number of ether oxygens (including phenoxy) is 1. The van der Waals surface area contributed by atoms with Gasteiger partial charge in [-0.05, 0) is 36.2 Å². The number of anilines is 1. The van der Waals surface area contributed by atoms with Gasteiger partial charge in [0.2, 0.25) is 10.0 Å². The van der Waals surface area contributed by atoms with Crippen LogP contribution in [0.1, 0.15) is 17.5 Å². The van der Waals surface area contributed by atoms with Gasteiger partial charge in [0.05, 0.1) is 19.0 Å². The Labute approximate surface area is 101 Å². The summed E-state index contributed by atoms with van der Waals surface area (Å²) in [5.74, 6) is 0.0527. The molecule has 0 aromatic heterocycles. The van der Waals surface area contributed by atoms with E-state index in [2.05, 4.69) is 4.72 Å². The Kier molecular flexibility index (Phi) is 3.66. The Morgan fingerprint density at radius 1 is 1.29 bits per heavy atom. The minimum Gasteiger partial charge on any atom is -0.372 e. The first-order valence-electron chi connectivity index (χ1n) is 5.51. The summed E-state index contributed by atoms with van der Waals surface area (Å²) in [6, 6.07) is 5.47. The van der Waals surface area contributed by atoms with Crippen molar-refractivity contribution >= 4 is 15.7 Å². The van der Waals surface area contributed by atoms with Crippen molar-refractivity contribution in [3.63, 3.8) is 0 Å². The summed E-state index contributed by atoms with van der Waals surface area (Å²) < 4.78 is 31.1. The van der Waals surface area contributed by atoms with E-state index in [4.69, 9.17) is 10.5 Å². The highest BCUT2D eigenvalue weighted by Gasteiger charge is 2.14. The van der Waals surface area contributed by atoms with Gasteiger partial charge in [-0.1, -0.05) is 6.07 Å². The number of hydrogen-bond acceptors (Lipinski definition) is 4. The summed E-state index contributed by atoms with van der Waals surface area (Å²) in [5.41, 5.74) is 8.05.